The number of nitriles is 1. The summed E-state index contributed by atoms with van der Waals surface area (Å²) in [5.74, 6) is 0.0970. The number of rotatable bonds is 5. The predicted molar refractivity (Wildman–Crippen MR) is 64.9 cm³/mol. The number of hydrogen-bond acceptors (Lipinski definition) is 6. The molecule has 2 aromatic rings. The lowest BCUT2D eigenvalue weighted by Crippen LogP contribution is -2.25. The number of benzene rings is 1. The molecule has 0 aliphatic rings. The molecule has 0 aliphatic carbocycles. The summed E-state index contributed by atoms with van der Waals surface area (Å²) in [5, 5.41) is 12.1. The van der Waals surface area contributed by atoms with Gasteiger partial charge in [-0.25, -0.2) is 13.1 Å². The highest BCUT2D eigenvalue weighted by Gasteiger charge is 2.12. The molecule has 0 bridgehead atoms. The molecule has 0 aliphatic heterocycles. The van der Waals surface area contributed by atoms with E-state index in [4.69, 9.17) is 5.26 Å². The van der Waals surface area contributed by atoms with E-state index in [9.17, 15) is 8.42 Å². The van der Waals surface area contributed by atoms with E-state index in [2.05, 4.69) is 19.4 Å². The Morgan fingerprint density at radius 1 is 1.32 bits per heavy atom. The van der Waals surface area contributed by atoms with Crippen molar-refractivity contribution in [3.05, 3.63) is 47.6 Å². The molecule has 0 spiro atoms. The van der Waals surface area contributed by atoms with E-state index in [1.165, 1.54) is 0 Å². The first kappa shape index (κ1) is 13.2. The molecule has 0 unspecified atom stereocenters. The van der Waals surface area contributed by atoms with Gasteiger partial charge in [0.05, 0.1) is 23.9 Å². The van der Waals surface area contributed by atoms with Gasteiger partial charge in [-0.05, 0) is 17.7 Å². The molecule has 1 aromatic heterocycles. The Kier molecular flexibility index (Phi) is 3.89. The van der Waals surface area contributed by atoms with Crippen molar-refractivity contribution in [2.75, 3.05) is 0 Å². The van der Waals surface area contributed by atoms with E-state index in [1.54, 1.807) is 24.3 Å². The molecular weight excluding hydrogens is 268 g/mol. The van der Waals surface area contributed by atoms with Gasteiger partial charge in [-0.2, -0.15) is 10.2 Å². The first-order valence-electron chi connectivity index (χ1n) is 5.31. The van der Waals surface area contributed by atoms with Crippen molar-refractivity contribution < 1.29 is 12.9 Å². The highest BCUT2D eigenvalue weighted by Crippen LogP contribution is 2.07. The number of hydrogen-bond donors (Lipinski definition) is 1. The molecule has 0 atom stereocenters. The van der Waals surface area contributed by atoms with Gasteiger partial charge < -0.3 is 4.52 Å². The first-order chi connectivity index (χ1) is 9.09. The second-order valence-electron chi connectivity index (χ2n) is 3.74. The molecule has 0 saturated heterocycles. The fourth-order valence-corrected chi connectivity index (χ4v) is 2.47. The van der Waals surface area contributed by atoms with Crippen LogP contribution in [-0.4, -0.2) is 18.6 Å². The molecule has 1 N–H and O–H groups in total. The maximum absolute atomic E-state index is 11.8. The van der Waals surface area contributed by atoms with Crippen LogP contribution in [0.15, 0.2) is 35.2 Å². The van der Waals surface area contributed by atoms with E-state index in [0.717, 1.165) is 6.39 Å². The standard InChI is InChI=1S/C11H10N4O3S/c12-5-9-1-3-10(4-2-9)7-19(16,17)14-6-11-13-8-18-15-11/h1-4,8,14H,6-7H2. The molecule has 98 valence electrons. The van der Waals surface area contributed by atoms with Gasteiger partial charge in [0.25, 0.3) is 0 Å². The second kappa shape index (κ2) is 5.60. The topological polar surface area (TPSA) is 109 Å². The van der Waals surface area contributed by atoms with Crippen molar-refractivity contribution in [1.29, 1.82) is 5.26 Å². The Bertz CT molecular complexity index is 672. The van der Waals surface area contributed by atoms with Crippen LogP contribution in [0.1, 0.15) is 17.0 Å². The summed E-state index contributed by atoms with van der Waals surface area (Å²) in [4.78, 5) is 3.71. The Labute approximate surface area is 109 Å². The summed E-state index contributed by atoms with van der Waals surface area (Å²) >= 11 is 0. The van der Waals surface area contributed by atoms with Gasteiger partial charge in [-0.3, -0.25) is 0 Å². The Morgan fingerprint density at radius 2 is 2.05 bits per heavy atom. The molecule has 0 radical (unpaired) electrons. The zero-order chi connectivity index (χ0) is 13.7. The van der Waals surface area contributed by atoms with Crippen LogP contribution in [0.2, 0.25) is 0 Å². The average Bonchev–Trinajstić information content (AvgIpc) is 2.90. The smallest absolute Gasteiger partial charge is 0.216 e. The summed E-state index contributed by atoms with van der Waals surface area (Å²) in [5.41, 5.74) is 1.08. The molecule has 7 nitrogen and oxygen atoms in total. The highest BCUT2D eigenvalue weighted by molar-refractivity contribution is 7.88. The quantitative estimate of drug-likeness (QED) is 0.856. The second-order valence-corrected chi connectivity index (χ2v) is 5.54. The maximum Gasteiger partial charge on any atom is 0.216 e. The lowest BCUT2D eigenvalue weighted by Gasteiger charge is -2.04. The average molecular weight is 278 g/mol. The largest absolute Gasteiger partial charge is 0.343 e. The highest BCUT2D eigenvalue weighted by atomic mass is 32.2. The Morgan fingerprint density at radius 3 is 2.63 bits per heavy atom. The van der Waals surface area contributed by atoms with Crippen LogP contribution < -0.4 is 4.72 Å². The number of nitrogens with zero attached hydrogens (tertiary/aromatic N) is 3. The molecule has 2 rings (SSSR count). The Hall–Kier alpha value is -2.24. The van der Waals surface area contributed by atoms with Gasteiger partial charge in [0.1, 0.15) is 0 Å². The summed E-state index contributed by atoms with van der Waals surface area (Å²) < 4.78 is 30.4. The lowest BCUT2D eigenvalue weighted by molar-refractivity contribution is 0.409. The normalized spacial score (nSPS) is 11.1. The van der Waals surface area contributed by atoms with Crippen molar-refractivity contribution in [2.45, 2.75) is 12.3 Å². The van der Waals surface area contributed by atoms with E-state index in [1.807, 2.05) is 6.07 Å². The van der Waals surface area contributed by atoms with Crippen LogP contribution in [0.3, 0.4) is 0 Å². The van der Waals surface area contributed by atoms with E-state index in [-0.39, 0.29) is 18.1 Å². The summed E-state index contributed by atoms with van der Waals surface area (Å²) in [6, 6.07) is 8.32. The SMILES string of the molecule is N#Cc1ccc(CS(=O)(=O)NCc2ncon2)cc1. The molecule has 1 heterocycles. The van der Waals surface area contributed by atoms with Crippen LogP contribution in [0, 0.1) is 11.3 Å². The van der Waals surface area contributed by atoms with Gasteiger partial charge in [0, 0.05) is 0 Å². The van der Waals surface area contributed by atoms with Crippen molar-refractivity contribution >= 4 is 10.0 Å². The molecule has 0 fully saturated rings. The third-order valence-electron chi connectivity index (χ3n) is 2.30. The molecular formula is C11H10N4O3S. The summed E-state index contributed by atoms with van der Waals surface area (Å²) in [6.45, 7) is -0.0187. The fourth-order valence-electron chi connectivity index (χ4n) is 1.39. The first-order valence-corrected chi connectivity index (χ1v) is 6.96. The van der Waals surface area contributed by atoms with Crippen molar-refractivity contribution in [3.8, 4) is 6.07 Å². The van der Waals surface area contributed by atoms with E-state index in [0.29, 0.717) is 11.1 Å². The van der Waals surface area contributed by atoms with Gasteiger partial charge in [-0.15, -0.1) is 0 Å². The third-order valence-corrected chi connectivity index (χ3v) is 3.59. The molecule has 0 saturated carbocycles. The zero-order valence-corrected chi connectivity index (χ0v) is 10.6. The van der Waals surface area contributed by atoms with Gasteiger partial charge in [0.15, 0.2) is 5.82 Å². The minimum absolute atomic E-state index is 0.0187. The van der Waals surface area contributed by atoms with E-state index < -0.39 is 10.0 Å². The van der Waals surface area contributed by atoms with Crippen molar-refractivity contribution in [2.24, 2.45) is 0 Å². The molecule has 8 heteroatoms. The van der Waals surface area contributed by atoms with Crippen LogP contribution in [0.5, 0.6) is 0 Å². The molecule has 1 aromatic carbocycles. The van der Waals surface area contributed by atoms with Gasteiger partial charge in [0.2, 0.25) is 16.4 Å². The third kappa shape index (κ3) is 3.87. The minimum Gasteiger partial charge on any atom is -0.343 e. The van der Waals surface area contributed by atoms with Crippen molar-refractivity contribution in [3.63, 3.8) is 0 Å². The number of nitrogens with one attached hydrogen (secondary N) is 1. The predicted octanol–water partition coefficient (Wildman–Crippen LogP) is 0.561. The fraction of sp³-hybridized carbons (Fsp3) is 0.182. The number of sulfonamides is 1. The van der Waals surface area contributed by atoms with Crippen molar-refractivity contribution in [1.82, 2.24) is 14.9 Å². The van der Waals surface area contributed by atoms with E-state index >= 15 is 0 Å². The van der Waals surface area contributed by atoms with Crippen LogP contribution in [0.25, 0.3) is 0 Å². The Balaban J connectivity index is 1.98. The molecule has 0 amide bonds. The lowest BCUT2D eigenvalue weighted by atomic mass is 10.2. The van der Waals surface area contributed by atoms with Crippen LogP contribution >= 0.6 is 0 Å². The zero-order valence-electron chi connectivity index (χ0n) is 9.78. The maximum atomic E-state index is 11.8. The van der Waals surface area contributed by atoms with Gasteiger partial charge in [-0.1, -0.05) is 17.3 Å². The molecule has 19 heavy (non-hydrogen) atoms. The van der Waals surface area contributed by atoms with Crippen LogP contribution in [0.4, 0.5) is 0 Å². The van der Waals surface area contributed by atoms with Gasteiger partial charge >= 0.3 is 0 Å². The van der Waals surface area contributed by atoms with Crippen LogP contribution in [-0.2, 0) is 22.3 Å². The summed E-state index contributed by atoms with van der Waals surface area (Å²) in [7, 11) is -3.48. The minimum atomic E-state index is -3.48. The summed E-state index contributed by atoms with van der Waals surface area (Å²) in [6.07, 6.45) is 1.13. The number of aromatic nitrogens is 2. The monoisotopic (exact) mass is 278 g/mol.